The lowest BCUT2D eigenvalue weighted by Gasteiger charge is -2.12. The van der Waals surface area contributed by atoms with Gasteiger partial charge in [0.1, 0.15) is 6.04 Å². The fourth-order valence-corrected chi connectivity index (χ4v) is 1.92. The second-order valence-electron chi connectivity index (χ2n) is 5.33. The number of benzene rings is 1. The van der Waals surface area contributed by atoms with E-state index in [1.54, 1.807) is 0 Å². The zero-order chi connectivity index (χ0) is 16.8. The summed E-state index contributed by atoms with van der Waals surface area (Å²) in [6, 6.07) is 6.92. The number of nitrogens with two attached hydrogens (primary N) is 1. The maximum absolute atomic E-state index is 10.6. The summed E-state index contributed by atoms with van der Waals surface area (Å²) in [6.45, 7) is 0.534. The third-order valence-corrected chi connectivity index (χ3v) is 3.30. The van der Waals surface area contributed by atoms with Gasteiger partial charge in [-0.3, -0.25) is 4.79 Å². The largest absolute Gasteiger partial charge is 0.480 e. The lowest BCUT2D eigenvalue weighted by atomic mass is 10.2. The highest BCUT2D eigenvalue weighted by molar-refractivity contribution is 5.72. The Morgan fingerprint density at radius 2 is 2.09 bits per heavy atom. The molecule has 0 radical (unpaired) electrons. The first-order chi connectivity index (χ1) is 11.0. The van der Waals surface area contributed by atoms with Gasteiger partial charge >= 0.3 is 5.97 Å². The summed E-state index contributed by atoms with van der Waals surface area (Å²) in [6.07, 6.45) is 1.00. The van der Waals surface area contributed by atoms with E-state index in [9.17, 15) is 4.79 Å². The van der Waals surface area contributed by atoms with Gasteiger partial charge in [-0.2, -0.15) is 0 Å². The molecule has 1 aromatic heterocycles. The van der Waals surface area contributed by atoms with Gasteiger partial charge in [0.05, 0.1) is 5.69 Å². The molecule has 0 aliphatic carbocycles. The summed E-state index contributed by atoms with van der Waals surface area (Å²) in [5.41, 5.74) is 7.33. The van der Waals surface area contributed by atoms with E-state index in [2.05, 4.69) is 20.7 Å². The fraction of sp³-hybridized carbons (Fsp3) is 0.429. The molecule has 0 aliphatic rings. The van der Waals surface area contributed by atoms with Crippen LogP contribution >= 0.6 is 0 Å². The Hall–Kier alpha value is -2.68. The van der Waals surface area contributed by atoms with Crippen LogP contribution in [0.1, 0.15) is 12.8 Å². The Labute approximate surface area is 134 Å². The molecule has 0 bridgehead atoms. The molecule has 0 saturated carbocycles. The Bertz CT molecular complexity index is 639. The molecule has 0 aliphatic heterocycles. The van der Waals surface area contributed by atoms with Gasteiger partial charge in [0, 0.05) is 26.3 Å². The van der Waals surface area contributed by atoms with Gasteiger partial charge in [-0.25, -0.2) is 0 Å². The van der Waals surface area contributed by atoms with E-state index in [1.807, 2.05) is 43.3 Å². The number of hydrogen-bond donors (Lipinski definition) is 3. The minimum atomic E-state index is -0.991. The first-order valence-corrected chi connectivity index (χ1v) is 7.27. The number of hydrogen-bond acceptors (Lipinski definition) is 7. The van der Waals surface area contributed by atoms with E-state index < -0.39 is 12.0 Å². The second kappa shape index (κ2) is 7.54. The molecule has 124 valence electrons. The van der Waals surface area contributed by atoms with Crippen LogP contribution in [-0.4, -0.2) is 58.0 Å². The Kier molecular flexibility index (Phi) is 5.47. The van der Waals surface area contributed by atoms with E-state index in [0.29, 0.717) is 25.3 Å². The summed E-state index contributed by atoms with van der Waals surface area (Å²) in [5.74, 6) is -0.596. The number of nitrogens with one attached hydrogen (secondary N) is 1. The molecule has 1 heterocycles. The van der Waals surface area contributed by atoms with Crippen molar-refractivity contribution in [2.75, 3.05) is 30.9 Å². The van der Waals surface area contributed by atoms with E-state index in [-0.39, 0.29) is 0 Å². The molecule has 9 heteroatoms. The molecule has 1 unspecified atom stereocenters. The molecule has 1 aromatic carbocycles. The number of aromatic nitrogens is 4. The highest BCUT2D eigenvalue weighted by Gasteiger charge is 2.10. The smallest absolute Gasteiger partial charge is 0.320 e. The first kappa shape index (κ1) is 16.7. The topological polar surface area (TPSA) is 122 Å². The summed E-state index contributed by atoms with van der Waals surface area (Å²) in [4.78, 5) is 14.0. The van der Waals surface area contributed by atoms with Crippen LogP contribution in [0, 0.1) is 0 Å². The zero-order valence-electron chi connectivity index (χ0n) is 13.2. The van der Waals surface area contributed by atoms with Crippen LogP contribution in [-0.2, 0) is 4.79 Å². The van der Waals surface area contributed by atoms with E-state index >= 15 is 0 Å². The van der Waals surface area contributed by atoms with Gasteiger partial charge in [-0.1, -0.05) is 5.10 Å². The predicted molar refractivity (Wildman–Crippen MR) is 86.8 cm³/mol. The van der Waals surface area contributed by atoms with E-state index in [0.717, 1.165) is 11.4 Å². The molecule has 0 amide bonds. The van der Waals surface area contributed by atoms with Gasteiger partial charge in [0.2, 0.25) is 0 Å². The first-order valence-electron chi connectivity index (χ1n) is 7.27. The molecule has 9 nitrogen and oxygen atoms in total. The van der Waals surface area contributed by atoms with E-state index in [1.165, 1.54) is 4.80 Å². The number of anilines is 2. The van der Waals surface area contributed by atoms with Crippen molar-refractivity contribution in [1.82, 2.24) is 20.2 Å². The van der Waals surface area contributed by atoms with Gasteiger partial charge in [0.15, 0.2) is 0 Å². The van der Waals surface area contributed by atoms with Crippen LogP contribution < -0.4 is 16.0 Å². The normalized spacial score (nSPS) is 12.0. The molecular formula is C14H21N7O2. The second-order valence-corrected chi connectivity index (χ2v) is 5.33. The van der Waals surface area contributed by atoms with Crippen LogP contribution in [0.3, 0.4) is 0 Å². The van der Waals surface area contributed by atoms with Crippen molar-refractivity contribution in [1.29, 1.82) is 0 Å². The molecule has 23 heavy (non-hydrogen) atoms. The fourth-order valence-electron chi connectivity index (χ4n) is 1.92. The molecule has 0 spiro atoms. The number of nitrogens with zero attached hydrogens (tertiary/aromatic N) is 5. The third-order valence-electron chi connectivity index (χ3n) is 3.30. The number of aliphatic carboxylic acids is 1. The van der Waals surface area contributed by atoms with Gasteiger partial charge < -0.3 is 21.1 Å². The van der Waals surface area contributed by atoms with E-state index in [4.69, 9.17) is 10.8 Å². The number of rotatable bonds is 8. The van der Waals surface area contributed by atoms with Crippen molar-refractivity contribution >= 4 is 17.6 Å². The standard InChI is InChI=1S/C14H21N7O2/c1-20(2)10-5-7-11(8-6-10)21-18-14(17-19-21)16-9-3-4-12(15)13(22)23/h5-8,12H,3-4,9,15H2,1-2H3,(H,16,18)(H,22,23). The minimum absolute atomic E-state index is 0.391. The molecular weight excluding hydrogens is 298 g/mol. The van der Waals surface area contributed by atoms with Crippen molar-refractivity contribution < 1.29 is 9.90 Å². The van der Waals surface area contributed by atoms with Crippen LogP contribution in [0.15, 0.2) is 24.3 Å². The minimum Gasteiger partial charge on any atom is -0.480 e. The lowest BCUT2D eigenvalue weighted by Crippen LogP contribution is -2.30. The Balaban J connectivity index is 1.87. The highest BCUT2D eigenvalue weighted by Crippen LogP contribution is 2.14. The number of carboxylic acid groups (broad SMARTS) is 1. The molecule has 1 atom stereocenters. The van der Waals surface area contributed by atoms with Crippen molar-refractivity contribution in [3.8, 4) is 5.69 Å². The van der Waals surface area contributed by atoms with Crippen molar-refractivity contribution in [2.45, 2.75) is 18.9 Å². The maximum Gasteiger partial charge on any atom is 0.320 e. The predicted octanol–water partition coefficient (Wildman–Crippen LogP) is 0.332. The number of tetrazole rings is 1. The Morgan fingerprint density at radius 1 is 1.39 bits per heavy atom. The SMILES string of the molecule is CN(C)c1ccc(-n2nnc(NCCCC(N)C(=O)O)n2)cc1. The molecule has 4 N–H and O–H groups in total. The molecule has 2 rings (SSSR count). The van der Waals surface area contributed by atoms with Gasteiger partial charge in [-0.15, -0.1) is 9.90 Å². The van der Waals surface area contributed by atoms with Crippen LogP contribution in [0.4, 0.5) is 11.6 Å². The maximum atomic E-state index is 10.6. The Morgan fingerprint density at radius 3 is 2.70 bits per heavy atom. The third kappa shape index (κ3) is 4.65. The van der Waals surface area contributed by atoms with Crippen LogP contribution in [0.25, 0.3) is 5.69 Å². The van der Waals surface area contributed by atoms with Crippen LogP contribution in [0.5, 0.6) is 0 Å². The van der Waals surface area contributed by atoms with Gasteiger partial charge in [-0.05, 0) is 42.3 Å². The zero-order valence-corrected chi connectivity index (χ0v) is 13.2. The van der Waals surface area contributed by atoms with Gasteiger partial charge in [0.25, 0.3) is 5.95 Å². The van der Waals surface area contributed by atoms with Crippen molar-refractivity contribution in [3.05, 3.63) is 24.3 Å². The monoisotopic (exact) mass is 319 g/mol. The molecule has 2 aromatic rings. The lowest BCUT2D eigenvalue weighted by molar-refractivity contribution is -0.138. The van der Waals surface area contributed by atoms with Crippen LogP contribution in [0.2, 0.25) is 0 Å². The quantitative estimate of drug-likeness (QED) is 0.595. The van der Waals surface area contributed by atoms with Crippen molar-refractivity contribution in [2.24, 2.45) is 5.73 Å². The number of carbonyl (C=O) groups is 1. The van der Waals surface area contributed by atoms with Crippen molar-refractivity contribution in [3.63, 3.8) is 0 Å². The summed E-state index contributed by atoms with van der Waals surface area (Å²) in [5, 5.41) is 23.8. The molecule has 0 fully saturated rings. The average molecular weight is 319 g/mol. The summed E-state index contributed by atoms with van der Waals surface area (Å²) < 4.78 is 0. The summed E-state index contributed by atoms with van der Waals surface area (Å²) >= 11 is 0. The number of carboxylic acids is 1. The highest BCUT2D eigenvalue weighted by atomic mass is 16.4. The molecule has 0 saturated heterocycles. The summed E-state index contributed by atoms with van der Waals surface area (Å²) in [7, 11) is 3.95. The average Bonchev–Trinajstić information content (AvgIpc) is 3.00.